The molecule has 0 bridgehead atoms. The normalized spacial score (nSPS) is 11.6. The molecule has 240 valence electrons. The van der Waals surface area contributed by atoms with Gasteiger partial charge in [0.1, 0.15) is 16.7 Å². The minimum absolute atomic E-state index is 0.0101. The molecule has 1 N–H and O–H groups in total. The van der Waals surface area contributed by atoms with Gasteiger partial charge in [0.15, 0.2) is 11.5 Å². The van der Waals surface area contributed by atoms with E-state index >= 15 is 0 Å². The van der Waals surface area contributed by atoms with Gasteiger partial charge < -0.3 is 24.1 Å². The van der Waals surface area contributed by atoms with Gasteiger partial charge in [-0.05, 0) is 60.0 Å². The number of rotatable bonds is 8. The largest absolute Gasteiger partial charge is 0.493 e. The zero-order chi connectivity index (χ0) is 33.5. The van der Waals surface area contributed by atoms with Crippen molar-refractivity contribution < 1.29 is 36.7 Å². The molecule has 1 amide bonds. The summed E-state index contributed by atoms with van der Waals surface area (Å²) in [4.78, 5) is 27.0. The first-order valence-corrected chi connectivity index (χ1v) is 14.3. The molecule has 0 fully saturated rings. The number of nitrogens with zero attached hydrogens (tertiary/aromatic N) is 2. The first kappa shape index (κ1) is 31.2. The summed E-state index contributed by atoms with van der Waals surface area (Å²) in [5.74, 6) is 1.17. The van der Waals surface area contributed by atoms with Gasteiger partial charge in [-0.1, -0.05) is 35.5 Å². The highest BCUT2D eigenvalue weighted by Gasteiger charge is 2.30. The molecule has 2 heterocycles. The smallest absolute Gasteiger partial charge is 0.416 e. The Bertz CT molecular complexity index is 2180. The minimum Gasteiger partial charge on any atom is -0.493 e. The predicted molar refractivity (Wildman–Crippen MR) is 171 cm³/mol. The van der Waals surface area contributed by atoms with E-state index in [2.05, 4.69) is 10.5 Å². The lowest BCUT2D eigenvalue weighted by molar-refractivity contribution is -0.137. The summed E-state index contributed by atoms with van der Waals surface area (Å²) in [7, 11) is 4.45. The van der Waals surface area contributed by atoms with Gasteiger partial charge in [0.05, 0.1) is 38.8 Å². The van der Waals surface area contributed by atoms with E-state index in [1.165, 1.54) is 38.0 Å². The van der Waals surface area contributed by atoms with Crippen LogP contribution in [0.5, 0.6) is 17.2 Å². The predicted octanol–water partition coefficient (Wildman–Crippen LogP) is 7.33. The van der Waals surface area contributed by atoms with Crippen LogP contribution in [0.15, 0.2) is 88.2 Å². The molecule has 0 atom stereocenters. The van der Waals surface area contributed by atoms with Gasteiger partial charge in [-0.2, -0.15) is 13.2 Å². The number of alkyl halides is 3. The van der Waals surface area contributed by atoms with Crippen molar-refractivity contribution in [3.63, 3.8) is 0 Å². The fraction of sp³-hybridized carbons (Fsp3) is 0.171. The van der Waals surface area contributed by atoms with Gasteiger partial charge >= 0.3 is 6.18 Å². The van der Waals surface area contributed by atoms with Crippen LogP contribution in [0.25, 0.3) is 38.6 Å². The van der Waals surface area contributed by atoms with Crippen molar-refractivity contribution in [1.82, 2.24) is 9.72 Å². The highest BCUT2D eigenvalue weighted by Crippen LogP contribution is 2.40. The van der Waals surface area contributed by atoms with Crippen molar-refractivity contribution in [2.45, 2.75) is 19.5 Å². The molecule has 12 heteroatoms. The van der Waals surface area contributed by atoms with E-state index in [-0.39, 0.29) is 23.3 Å². The second-order valence-corrected chi connectivity index (χ2v) is 10.7. The molecule has 6 aromatic rings. The standard InChI is InChI=1S/C35H28F3N3O6/c1-19-31-32(40-47-19)26-16-22(21-8-11-23(12-9-21)35(36,37)38)10-13-27(26)41(34(31)43)25-7-5-6-20(14-25)15-30(42)39-24-17-28(44-2)33(46-4)29(18-24)45-3/h5-14,16-18H,15H2,1-4H3,(H,39,42). The summed E-state index contributed by atoms with van der Waals surface area (Å²) in [6.45, 7) is 1.64. The molecule has 4 aromatic carbocycles. The van der Waals surface area contributed by atoms with Crippen LogP contribution in [0, 0.1) is 6.92 Å². The molecule has 0 saturated heterocycles. The fourth-order valence-electron chi connectivity index (χ4n) is 5.59. The zero-order valence-corrected chi connectivity index (χ0v) is 25.7. The number of hydrogen-bond donors (Lipinski definition) is 1. The van der Waals surface area contributed by atoms with Crippen LogP contribution < -0.4 is 25.1 Å². The average Bonchev–Trinajstić information content (AvgIpc) is 3.45. The lowest BCUT2D eigenvalue weighted by Gasteiger charge is -2.15. The van der Waals surface area contributed by atoms with E-state index < -0.39 is 11.7 Å². The number of ether oxygens (including phenoxy) is 3. The summed E-state index contributed by atoms with van der Waals surface area (Å²) in [6.07, 6.45) is -4.46. The van der Waals surface area contributed by atoms with Crippen LogP contribution in [-0.4, -0.2) is 37.0 Å². The monoisotopic (exact) mass is 643 g/mol. The number of nitrogens with one attached hydrogen (secondary N) is 1. The van der Waals surface area contributed by atoms with Crippen molar-refractivity contribution in [1.29, 1.82) is 0 Å². The quantitative estimate of drug-likeness (QED) is 0.185. The summed E-state index contributed by atoms with van der Waals surface area (Å²) >= 11 is 0. The Kier molecular flexibility index (Phi) is 8.10. The van der Waals surface area contributed by atoms with E-state index in [1.54, 1.807) is 61.5 Å². The number of hydrogen-bond acceptors (Lipinski definition) is 7. The number of aryl methyl sites for hydroxylation is 1. The topological polar surface area (TPSA) is 105 Å². The van der Waals surface area contributed by atoms with Crippen LogP contribution >= 0.6 is 0 Å². The SMILES string of the molecule is COc1cc(NC(=O)Cc2cccc(-n3c(=O)c4c(C)onc4c4cc(-c5ccc(C(F)(F)F)cc5)ccc43)c2)cc(OC)c1OC. The average molecular weight is 644 g/mol. The number of amides is 1. The third-order valence-electron chi connectivity index (χ3n) is 7.80. The number of benzene rings is 4. The van der Waals surface area contributed by atoms with Crippen molar-refractivity contribution >= 4 is 33.4 Å². The van der Waals surface area contributed by atoms with E-state index in [4.69, 9.17) is 18.7 Å². The van der Waals surface area contributed by atoms with Crippen molar-refractivity contribution in [3.05, 3.63) is 106 Å². The van der Waals surface area contributed by atoms with Gasteiger partial charge in [0.25, 0.3) is 5.56 Å². The Morgan fingerprint density at radius 2 is 1.57 bits per heavy atom. The number of anilines is 1. The Labute approximate surface area is 266 Å². The van der Waals surface area contributed by atoms with Gasteiger partial charge in [0, 0.05) is 28.9 Å². The number of pyridine rings is 1. The number of carbonyl (C=O) groups excluding carboxylic acids is 1. The van der Waals surface area contributed by atoms with Crippen LogP contribution in [0.4, 0.5) is 18.9 Å². The number of fused-ring (bicyclic) bond motifs is 3. The number of carbonyl (C=O) groups is 1. The summed E-state index contributed by atoms with van der Waals surface area (Å²) in [6, 6.07) is 20.3. The molecular formula is C35H28F3N3O6. The molecule has 0 radical (unpaired) electrons. The molecule has 0 unspecified atom stereocenters. The molecule has 0 saturated carbocycles. The van der Waals surface area contributed by atoms with Gasteiger partial charge in [-0.15, -0.1) is 0 Å². The van der Waals surface area contributed by atoms with Crippen molar-refractivity contribution in [2.75, 3.05) is 26.6 Å². The molecule has 2 aromatic heterocycles. The Balaban J connectivity index is 1.37. The Morgan fingerprint density at radius 1 is 0.894 bits per heavy atom. The molecule has 0 spiro atoms. The number of methoxy groups -OCH3 is 3. The van der Waals surface area contributed by atoms with Crippen molar-refractivity contribution in [2.24, 2.45) is 0 Å². The maximum Gasteiger partial charge on any atom is 0.416 e. The van der Waals surface area contributed by atoms with E-state index in [0.717, 1.165) is 12.1 Å². The van der Waals surface area contributed by atoms with Crippen molar-refractivity contribution in [3.8, 4) is 34.1 Å². The van der Waals surface area contributed by atoms with Crippen LogP contribution in [0.2, 0.25) is 0 Å². The second kappa shape index (κ2) is 12.2. The highest BCUT2D eigenvalue weighted by atomic mass is 19.4. The number of aromatic nitrogens is 2. The molecule has 0 aliphatic carbocycles. The molecule has 6 rings (SSSR count). The summed E-state index contributed by atoms with van der Waals surface area (Å²) in [5, 5.41) is 7.83. The Hall–Kier alpha value is -5.78. The highest BCUT2D eigenvalue weighted by molar-refractivity contribution is 6.05. The van der Waals surface area contributed by atoms with E-state index in [1.807, 2.05) is 0 Å². The molecule has 0 aliphatic rings. The van der Waals surface area contributed by atoms with E-state index in [9.17, 15) is 22.8 Å². The second-order valence-electron chi connectivity index (χ2n) is 10.7. The molecule has 47 heavy (non-hydrogen) atoms. The third kappa shape index (κ3) is 5.85. The maximum atomic E-state index is 13.9. The first-order valence-electron chi connectivity index (χ1n) is 14.3. The maximum absolute atomic E-state index is 13.9. The van der Waals surface area contributed by atoms with Gasteiger partial charge in [0.2, 0.25) is 11.7 Å². The third-order valence-corrected chi connectivity index (χ3v) is 7.80. The van der Waals surface area contributed by atoms with Crippen LogP contribution in [0.3, 0.4) is 0 Å². The summed E-state index contributed by atoms with van der Waals surface area (Å²) < 4.78 is 62.4. The lowest BCUT2D eigenvalue weighted by Crippen LogP contribution is -2.20. The number of halogens is 3. The minimum atomic E-state index is -4.45. The van der Waals surface area contributed by atoms with Crippen LogP contribution in [-0.2, 0) is 17.4 Å². The molecule has 0 aliphatic heterocycles. The van der Waals surface area contributed by atoms with Crippen LogP contribution in [0.1, 0.15) is 16.9 Å². The van der Waals surface area contributed by atoms with Gasteiger partial charge in [-0.25, -0.2) is 0 Å². The zero-order valence-electron chi connectivity index (χ0n) is 25.7. The molecular weight excluding hydrogens is 615 g/mol. The summed E-state index contributed by atoms with van der Waals surface area (Å²) in [5.41, 5.74) is 2.51. The first-order chi connectivity index (χ1) is 22.5. The Morgan fingerprint density at radius 3 is 2.21 bits per heavy atom. The van der Waals surface area contributed by atoms with E-state index in [0.29, 0.717) is 67.5 Å². The molecule has 9 nitrogen and oxygen atoms in total. The van der Waals surface area contributed by atoms with Gasteiger partial charge in [-0.3, -0.25) is 14.2 Å². The fourth-order valence-corrected chi connectivity index (χ4v) is 5.59. The lowest BCUT2D eigenvalue weighted by atomic mass is 10.0.